The van der Waals surface area contributed by atoms with Crippen molar-refractivity contribution in [3.63, 3.8) is 0 Å². The van der Waals surface area contributed by atoms with Gasteiger partial charge >= 0.3 is 12.0 Å². The quantitative estimate of drug-likeness (QED) is 0.701. The minimum atomic E-state index is -1.09. The molecule has 0 aliphatic rings. The molecule has 0 aliphatic heterocycles. The maximum absolute atomic E-state index is 12.1. The fraction of sp³-hybridized carbons (Fsp3) is 0.846. The van der Waals surface area contributed by atoms with Crippen LogP contribution >= 0.6 is 0 Å². The molecule has 1 unspecified atom stereocenters. The summed E-state index contributed by atoms with van der Waals surface area (Å²) in [4.78, 5) is 24.7. The molecule has 0 saturated carbocycles. The van der Waals surface area contributed by atoms with Gasteiger partial charge in [-0.3, -0.25) is 0 Å². The highest BCUT2D eigenvalue weighted by Crippen LogP contribution is 2.04. The molecule has 2 amide bonds. The zero-order valence-corrected chi connectivity index (χ0v) is 12.5. The van der Waals surface area contributed by atoms with E-state index in [0.29, 0.717) is 24.9 Å². The standard InChI is InChI=1S/C13H26N2O4/c1-9(2)6-15(7-10(3)4)13(18)14-11(8-19-5)12(16)17/h9-11H,6-8H2,1-5H3,(H,14,18)(H,16,17). The van der Waals surface area contributed by atoms with Crippen molar-refractivity contribution in [3.05, 3.63) is 0 Å². The normalized spacial score (nSPS) is 12.6. The van der Waals surface area contributed by atoms with Crippen molar-refractivity contribution in [2.24, 2.45) is 11.8 Å². The molecule has 19 heavy (non-hydrogen) atoms. The van der Waals surface area contributed by atoms with Gasteiger partial charge in [0.1, 0.15) is 0 Å². The highest BCUT2D eigenvalue weighted by Gasteiger charge is 2.23. The van der Waals surface area contributed by atoms with Crippen molar-refractivity contribution in [2.75, 3.05) is 26.8 Å². The Balaban J connectivity index is 4.63. The summed E-state index contributed by atoms with van der Waals surface area (Å²) in [5.74, 6) is -0.436. The number of carbonyl (C=O) groups is 2. The summed E-state index contributed by atoms with van der Waals surface area (Å²) in [6.45, 7) is 9.23. The Hall–Kier alpha value is -1.30. The summed E-state index contributed by atoms with van der Waals surface area (Å²) in [6, 6.07) is -1.37. The van der Waals surface area contributed by atoms with E-state index < -0.39 is 12.0 Å². The summed E-state index contributed by atoms with van der Waals surface area (Å²) < 4.78 is 4.79. The number of methoxy groups -OCH3 is 1. The van der Waals surface area contributed by atoms with Crippen molar-refractivity contribution in [2.45, 2.75) is 33.7 Å². The van der Waals surface area contributed by atoms with E-state index in [1.54, 1.807) is 4.90 Å². The van der Waals surface area contributed by atoms with Crippen molar-refractivity contribution < 1.29 is 19.4 Å². The third kappa shape index (κ3) is 7.66. The van der Waals surface area contributed by atoms with E-state index in [1.165, 1.54) is 7.11 Å². The Bertz CT molecular complexity index is 282. The van der Waals surface area contributed by atoms with E-state index >= 15 is 0 Å². The van der Waals surface area contributed by atoms with Gasteiger partial charge in [-0.25, -0.2) is 9.59 Å². The molecule has 0 spiro atoms. The second-order valence-corrected chi connectivity index (χ2v) is 5.49. The topological polar surface area (TPSA) is 78.9 Å². The van der Waals surface area contributed by atoms with Crippen LogP contribution in [-0.2, 0) is 9.53 Å². The number of carboxylic acids is 1. The number of ether oxygens (including phenoxy) is 1. The molecule has 6 nitrogen and oxygen atoms in total. The predicted molar refractivity (Wildman–Crippen MR) is 73.1 cm³/mol. The van der Waals surface area contributed by atoms with Gasteiger partial charge < -0.3 is 20.1 Å². The molecule has 0 aliphatic carbocycles. The van der Waals surface area contributed by atoms with Gasteiger partial charge in [-0.1, -0.05) is 27.7 Å². The number of hydrogen-bond donors (Lipinski definition) is 2. The molecule has 0 radical (unpaired) electrons. The van der Waals surface area contributed by atoms with Crippen molar-refractivity contribution in [1.82, 2.24) is 10.2 Å². The van der Waals surface area contributed by atoms with Gasteiger partial charge in [-0.15, -0.1) is 0 Å². The molecule has 0 aromatic carbocycles. The third-order valence-electron chi connectivity index (χ3n) is 2.39. The Morgan fingerprint density at radius 1 is 1.16 bits per heavy atom. The van der Waals surface area contributed by atoms with Gasteiger partial charge in [0.15, 0.2) is 6.04 Å². The second-order valence-electron chi connectivity index (χ2n) is 5.49. The largest absolute Gasteiger partial charge is 0.480 e. The first-order valence-electron chi connectivity index (χ1n) is 6.55. The molecule has 0 aromatic rings. The van der Waals surface area contributed by atoms with Crippen LogP contribution in [0.4, 0.5) is 4.79 Å². The van der Waals surface area contributed by atoms with E-state index in [-0.39, 0.29) is 12.6 Å². The summed E-state index contributed by atoms with van der Waals surface area (Å²) in [5, 5.41) is 11.5. The lowest BCUT2D eigenvalue weighted by molar-refractivity contribution is -0.140. The van der Waals surface area contributed by atoms with Gasteiger partial charge in [-0.05, 0) is 11.8 Å². The maximum atomic E-state index is 12.1. The zero-order chi connectivity index (χ0) is 15.0. The van der Waals surface area contributed by atoms with Crippen LogP contribution in [0.1, 0.15) is 27.7 Å². The molecule has 2 N–H and O–H groups in total. The lowest BCUT2D eigenvalue weighted by Gasteiger charge is -2.28. The zero-order valence-electron chi connectivity index (χ0n) is 12.5. The van der Waals surface area contributed by atoms with E-state index in [2.05, 4.69) is 5.32 Å². The smallest absolute Gasteiger partial charge is 0.328 e. The number of nitrogens with one attached hydrogen (secondary N) is 1. The van der Waals surface area contributed by atoms with Crippen LogP contribution in [0.15, 0.2) is 0 Å². The first-order chi connectivity index (χ1) is 8.77. The molecule has 0 bridgehead atoms. The van der Waals surface area contributed by atoms with Gasteiger partial charge in [0.05, 0.1) is 6.61 Å². The van der Waals surface area contributed by atoms with Gasteiger partial charge in [-0.2, -0.15) is 0 Å². The molecule has 0 heterocycles. The monoisotopic (exact) mass is 274 g/mol. The average molecular weight is 274 g/mol. The van der Waals surface area contributed by atoms with E-state index in [9.17, 15) is 9.59 Å². The summed E-state index contributed by atoms with van der Waals surface area (Å²) in [7, 11) is 1.40. The Morgan fingerprint density at radius 2 is 1.63 bits per heavy atom. The molecular formula is C13H26N2O4. The first-order valence-corrected chi connectivity index (χ1v) is 6.55. The number of urea groups is 1. The maximum Gasteiger partial charge on any atom is 0.328 e. The fourth-order valence-electron chi connectivity index (χ4n) is 1.70. The highest BCUT2D eigenvalue weighted by molar-refractivity contribution is 5.82. The van der Waals surface area contributed by atoms with Crippen LogP contribution in [-0.4, -0.2) is 54.9 Å². The van der Waals surface area contributed by atoms with E-state index in [1.807, 2.05) is 27.7 Å². The third-order valence-corrected chi connectivity index (χ3v) is 2.39. The minimum absolute atomic E-state index is 0.0434. The number of carboxylic acid groups (broad SMARTS) is 1. The van der Waals surface area contributed by atoms with E-state index in [0.717, 1.165) is 0 Å². The van der Waals surface area contributed by atoms with Crippen LogP contribution in [0.2, 0.25) is 0 Å². The second kappa shape index (κ2) is 8.74. The Labute approximate surface area is 115 Å². The van der Waals surface area contributed by atoms with Crippen LogP contribution < -0.4 is 5.32 Å². The van der Waals surface area contributed by atoms with Crippen LogP contribution in [0.25, 0.3) is 0 Å². The summed E-state index contributed by atoms with van der Waals surface area (Å²) >= 11 is 0. The SMILES string of the molecule is COCC(NC(=O)N(CC(C)C)CC(C)C)C(=O)O. The Kier molecular flexibility index (Phi) is 8.14. The van der Waals surface area contributed by atoms with Crippen LogP contribution in [0, 0.1) is 11.8 Å². The molecule has 0 rings (SSSR count). The number of rotatable bonds is 8. The predicted octanol–water partition coefficient (Wildman–Crippen LogP) is 1.41. The molecule has 0 aromatic heterocycles. The molecule has 0 saturated heterocycles. The van der Waals surface area contributed by atoms with Crippen molar-refractivity contribution >= 4 is 12.0 Å². The fourth-order valence-corrected chi connectivity index (χ4v) is 1.70. The number of amides is 2. The van der Waals surface area contributed by atoms with Crippen molar-refractivity contribution in [3.8, 4) is 0 Å². The van der Waals surface area contributed by atoms with Crippen molar-refractivity contribution in [1.29, 1.82) is 0 Å². The lowest BCUT2D eigenvalue weighted by atomic mass is 10.1. The summed E-state index contributed by atoms with van der Waals surface area (Å²) in [5.41, 5.74) is 0. The first kappa shape index (κ1) is 17.7. The average Bonchev–Trinajstić information content (AvgIpc) is 2.25. The molecule has 0 fully saturated rings. The number of nitrogens with zero attached hydrogens (tertiary/aromatic N) is 1. The minimum Gasteiger partial charge on any atom is -0.480 e. The molecule has 1 atom stereocenters. The number of hydrogen-bond acceptors (Lipinski definition) is 3. The van der Waals surface area contributed by atoms with Gasteiger partial charge in [0.2, 0.25) is 0 Å². The molecule has 6 heteroatoms. The number of aliphatic carboxylic acids is 1. The molecular weight excluding hydrogens is 248 g/mol. The lowest BCUT2D eigenvalue weighted by Crippen LogP contribution is -2.51. The summed E-state index contributed by atoms with van der Waals surface area (Å²) in [6.07, 6.45) is 0. The van der Waals surface area contributed by atoms with Crippen LogP contribution in [0.5, 0.6) is 0 Å². The highest BCUT2D eigenvalue weighted by atomic mass is 16.5. The van der Waals surface area contributed by atoms with Crippen LogP contribution in [0.3, 0.4) is 0 Å². The van der Waals surface area contributed by atoms with E-state index in [4.69, 9.17) is 9.84 Å². The van der Waals surface area contributed by atoms with Gasteiger partial charge in [0.25, 0.3) is 0 Å². The van der Waals surface area contributed by atoms with Gasteiger partial charge in [0, 0.05) is 20.2 Å². The Morgan fingerprint density at radius 3 is 1.95 bits per heavy atom. The number of carbonyl (C=O) groups excluding carboxylic acids is 1. The molecule has 112 valence electrons.